The van der Waals surface area contributed by atoms with Crippen molar-refractivity contribution in [3.05, 3.63) is 40.2 Å². The quantitative estimate of drug-likeness (QED) is 0.439. The highest BCUT2D eigenvalue weighted by Crippen LogP contribution is 2.19. The summed E-state index contributed by atoms with van der Waals surface area (Å²) in [6, 6.07) is 0.315. The predicted molar refractivity (Wildman–Crippen MR) is 157 cm³/mol. The number of hydrogen-bond donors (Lipinski definition) is 3. The maximum Gasteiger partial charge on any atom is 0.407 e. The van der Waals surface area contributed by atoms with Crippen LogP contribution in [0.2, 0.25) is 15.5 Å². The molecular formula is C25H39Cl3N8O4. The average molecular weight is 622 g/mol. The van der Waals surface area contributed by atoms with Gasteiger partial charge in [0.2, 0.25) is 0 Å². The van der Waals surface area contributed by atoms with Crippen LogP contribution in [-0.4, -0.2) is 81.6 Å². The highest BCUT2D eigenvalue weighted by Gasteiger charge is 2.30. The zero-order valence-corrected chi connectivity index (χ0v) is 25.1. The number of nitrogens with one attached hydrogen (secondary N) is 3. The third kappa shape index (κ3) is 14.6. The number of hydrogen-bond acceptors (Lipinski definition) is 10. The fraction of sp³-hybridized carbons (Fsp3) is 0.600. The van der Waals surface area contributed by atoms with Crippen LogP contribution in [0.1, 0.15) is 49.0 Å². The van der Waals surface area contributed by atoms with Crippen LogP contribution in [0.5, 0.6) is 0 Å². The van der Waals surface area contributed by atoms with Crippen LogP contribution < -0.4 is 20.9 Å². The van der Waals surface area contributed by atoms with E-state index in [2.05, 4.69) is 35.9 Å². The minimum atomic E-state index is -0.480. The van der Waals surface area contributed by atoms with Gasteiger partial charge in [-0.2, -0.15) is 0 Å². The second-order valence-electron chi connectivity index (χ2n) is 10.6. The molecular weight excluding hydrogens is 583 g/mol. The van der Waals surface area contributed by atoms with Crippen LogP contribution in [-0.2, 0) is 9.47 Å². The van der Waals surface area contributed by atoms with Crippen molar-refractivity contribution in [3.8, 4) is 0 Å². The van der Waals surface area contributed by atoms with Gasteiger partial charge in [-0.1, -0.05) is 42.2 Å². The second kappa shape index (κ2) is 15.9. The molecule has 2 fully saturated rings. The van der Waals surface area contributed by atoms with E-state index in [4.69, 9.17) is 44.3 Å². The molecule has 0 saturated carbocycles. The van der Waals surface area contributed by atoms with Crippen LogP contribution in [0.4, 0.5) is 15.4 Å². The van der Waals surface area contributed by atoms with E-state index in [0.717, 1.165) is 18.9 Å². The van der Waals surface area contributed by atoms with Gasteiger partial charge in [-0.05, 0) is 41.5 Å². The van der Waals surface area contributed by atoms with Crippen molar-refractivity contribution < 1.29 is 19.1 Å². The summed E-state index contributed by atoms with van der Waals surface area (Å²) in [6.07, 6.45) is 5.26. The Morgan fingerprint density at radius 1 is 0.800 bits per heavy atom. The van der Waals surface area contributed by atoms with Crippen molar-refractivity contribution >= 4 is 52.8 Å². The smallest absolute Gasteiger partial charge is 0.407 e. The molecule has 0 unspecified atom stereocenters. The number of ether oxygens (including phenoxy) is 2. The zero-order chi connectivity index (χ0) is 29.2. The van der Waals surface area contributed by atoms with Gasteiger partial charge >= 0.3 is 12.2 Å². The summed E-state index contributed by atoms with van der Waals surface area (Å²) in [4.78, 5) is 40.1. The number of carbonyl (C=O) groups is 2. The molecule has 2 aromatic rings. The fourth-order valence-electron chi connectivity index (χ4n) is 2.90. The zero-order valence-electron chi connectivity index (χ0n) is 22.8. The van der Waals surface area contributed by atoms with Gasteiger partial charge < -0.3 is 30.3 Å². The molecule has 2 aromatic heterocycles. The first kappa shape index (κ1) is 35.4. The number of alkyl carbamates (subject to hydrolysis) is 2. The summed E-state index contributed by atoms with van der Waals surface area (Å²) >= 11 is 16.5. The minimum Gasteiger partial charge on any atom is -0.444 e. The number of rotatable bonds is 3. The first-order valence-electron chi connectivity index (χ1n) is 12.1. The molecule has 3 N–H and O–H groups in total. The molecule has 2 aliphatic heterocycles. The van der Waals surface area contributed by atoms with Gasteiger partial charge in [0.05, 0.1) is 36.9 Å². The molecule has 40 heavy (non-hydrogen) atoms. The van der Waals surface area contributed by atoms with Crippen LogP contribution in [0.15, 0.2) is 24.8 Å². The van der Waals surface area contributed by atoms with Crippen LogP contribution in [0.3, 0.4) is 0 Å². The highest BCUT2D eigenvalue weighted by molar-refractivity contribution is 6.32. The molecule has 4 rings (SSSR count). The molecule has 0 spiro atoms. The second-order valence-corrected chi connectivity index (χ2v) is 11.8. The molecule has 0 aliphatic carbocycles. The van der Waals surface area contributed by atoms with E-state index in [9.17, 15) is 9.59 Å². The Labute approximate surface area is 250 Å². The van der Waals surface area contributed by atoms with Crippen molar-refractivity contribution in [2.24, 2.45) is 0 Å². The van der Waals surface area contributed by atoms with Crippen molar-refractivity contribution in [1.29, 1.82) is 0 Å². The van der Waals surface area contributed by atoms with E-state index in [1.165, 1.54) is 18.6 Å². The molecule has 0 aromatic carbocycles. The molecule has 12 nitrogen and oxygen atoms in total. The third-order valence-corrected chi connectivity index (χ3v) is 5.14. The SMILES string of the molecule is C.CC(C)(C)OC(=O)NC1CN(c2cncc(Cl)n2)C1.CC(C)(C)OC(=O)NC1CNC1.Clc1cncc(Cl)n1. The molecule has 2 aliphatic rings. The first-order chi connectivity index (χ1) is 18.1. The summed E-state index contributed by atoms with van der Waals surface area (Å²) in [5.74, 6) is 0.717. The van der Waals surface area contributed by atoms with Gasteiger partial charge in [0, 0.05) is 26.2 Å². The van der Waals surface area contributed by atoms with E-state index in [0.29, 0.717) is 28.5 Å². The average Bonchev–Trinajstić information content (AvgIpc) is 2.71. The van der Waals surface area contributed by atoms with Gasteiger partial charge in [0.25, 0.3) is 0 Å². The number of amides is 2. The van der Waals surface area contributed by atoms with Crippen LogP contribution in [0, 0.1) is 0 Å². The van der Waals surface area contributed by atoms with Crippen molar-refractivity contribution in [2.75, 3.05) is 31.1 Å². The normalized spacial score (nSPS) is 14.9. The van der Waals surface area contributed by atoms with Crippen LogP contribution >= 0.6 is 34.8 Å². The van der Waals surface area contributed by atoms with Crippen molar-refractivity contribution in [1.82, 2.24) is 35.9 Å². The van der Waals surface area contributed by atoms with Gasteiger partial charge in [-0.15, -0.1) is 0 Å². The Hall–Kier alpha value is -2.67. The van der Waals surface area contributed by atoms with E-state index in [1.807, 2.05) is 46.4 Å². The molecule has 4 heterocycles. The maximum atomic E-state index is 11.6. The lowest BCUT2D eigenvalue weighted by Crippen LogP contribution is -2.60. The summed E-state index contributed by atoms with van der Waals surface area (Å²) in [7, 11) is 0. The largest absolute Gasteiger partial charge is 0.444 e. The standard InChI is InChI=1S/C12H17ClN4O2.C8H16N2O2.C4H2Cl2N2.CH4/c1-12(2,3)19-11(18)15-8-6-17(7-8)10-5-14-4-9(13)16-10;1-8(2,3)12-7(11)10-6-4-9-5-6;5-3-1-7-2-4(6)8-3;/h4-5,8H,6-7H2,1-3H3,(H,15,18);6,9H,4-5H2,1-3H3,(H,10,11);1-2H;1H4. The topological polar surface area (TPSA) is 143 Å². The van der Waals surface area contributed by atoms with Crippen LogP contribution in [0.25, 0.3) is 0 Å². The monoisotopic (exact) mass is 620 g/mol. The van der Waals surface area contributed by atoms with Gasteiger partial charge in [-0.25, -0.2) is 19.6 Å². The Bertz CT molecular complexity index is 1070. The first-order valence-corrected chi connectivity index (χ1v) is 13.3. The summed E-state index contributed by atoms with van der Waals surface area (Å²) in [5.41, 5.74) is -0.882. The van der Waals surface area contributed by atoms with E-state index >= 15 is 0 Å². The molecule has 2 amide bonds. The number of anilines is 1. The molecule has 0 atom stereocenters. The van der Waals surface area contributed by atoms with E-state index < -0.39 is 17.3 Å². The molecule has 224 valence electrons. The Balaban J connectivity index is 0.000000326. The lowest BCUT2D eigenvalue weighted by molar-refractivity contribution is 0.0479. The molecule has 0 bridgehead atoms. The van der Waals surface area contributed by atoms with Crippen molar-refractivity contribution in [3.63, 3.8) is 0 Å². The lowest BCUT2D eigenvalue weighted by Gasteiger charge is -2.40. The predicted octanol–water partition coefficient (Wildman–Crippen LogP) is 4.75. The molecule has 2 saturated heterocycles. The summed E-state index contributed by atoms with van der Waals surface area (Å²) in [5, 5.41) is 9.61. The van der Waals surface area contributed by atoms with Gasteiger partial charge in [-0.3, -0.25) is 9.97 Å². The summed E-state index contributed by atoms with van der Waals surface area (Å²) in [6.45, 7) is 14.1. The Morgan fingerprint density at radius 3 is 1.57 bits per heavy atom. The molecule has 0 radical (unpaired) electrons. The Kier molecular flexibility index (Phi) is 14.1. The number of aromatic nitrogens is 4. The minimum absolute atomic E-state index is 0. The lowest BCUT2D eigenvalue weighted by atomic mass is 10.1. The third-order valence-electron chi connectivity index (χ3n) is 4.60. The Morgan fingerprint density at radius 2 is 1.23 bits per heavy atom. The van der Waals surface area contributed by atoms with E-state index in [-0.39, 0.29) is 25.6 Å². The van der Waals surface area contributed by atoms with E-state index in [1.54, 1.807) is 6.20 Å². The number of nitrogens with zero attached hydrogens (tertiary/aromatic N) is 5. The van der Waals surface area contributed by atoms with Gasteiger partial charge in [0.15, 0.2) is 0 Å². The van der Waals surface area contributed by atoms with Gasteiger partial charge in [0.1, 0.15) is 32.5 Å². The molecule has 15 heteroatoms. The number of halogens is 3. The number of carbonyl (C=O) groups excluding carboxylic acids is 2. The van der Waals surface area contributed by atoms with Crippen molar-refractivity contribution in [2.45, 2.75) is 72.3 Å². The summed E-state index contributed by atoms with van der Waals surface area (Å²) < 4.78 is 10.3. The maximum absolute atomic E-state index is 11.6. The fourth-order valence-corrected chi connectivity index (χ4v) is 3.38. The highest BCUT2D eigenvalue weighted by atomic mass is 35.5.